The van der Waals surface area contributed by atoms with Crippen LogP contribution in [0.2, 0.25) is 0 Å². The number of carbonyl (C=O) groups is 1. The van der Waals surface area contributed by atoms with Crippen LogP contribution in [0.3, 0.4) is 0 Å². The van der Waals surface area contributed by atoms with E-state index in [9.17, 15) is 4.79 Å². The first-order valence-corrected chi connectivity index (χ1v) is 7.96. The monoisotopic (exact) mass is 312 g/mol. The van der Waals surface area contributed by atoms with Gasteiger partial charge in [0.05, 0.1) is 12.6 Å². The molecule has 0 aliphatic carbocycles. The number of urea groups is 1. The average molecular weight is 312 g/mol. The van der Waals surface area contributed by atoms with Crippen molar-refractivity contribution in [1.82, 2.24) is 10.6 Å². The van der Waals surface area contributed by atoms with Gasteiger partial charge in [-0.05, 0) is 24.5 Å². The summed E-state index contributed by atoms with van der Waals surface area (Å²) in [6.07, 6.45) is 0.792. The molecule has 0 spiro atoms. The third kappa shape index (κ3) is 6.53. The quantitative estimate of drug-likeness (QED) is 0.731. The van der Waals surface area contributed by atoms with E-state index in [1.165, 1.54) is 0 Å². The summed E-state index contributed by atoms with van der Waals surface area (Å²) in [6, 6.07) is 19.8. The molecule has 2 rings (SSSR count). The molecule has 0 heterocycles. The molecule has 0 saturated carbocycles. The number of carbonyl (C=O) groups excluding carboxylic acids is 1. The maximum absolute atomic E-state index is 11.8. The van der Waals surface area contributed by atoms with Gasteiger partial charge in [0.1, 0.15) is 0 Å². The van der Waals surface area contributed by atoms with Crippen molar-refractivity contribution in [2.75, 3.05) is 13.2 Å². The summed E-state index contributed by atoms with van der Waals surface area (Å²) in [6.45, 7) is 3.81. The van der Waals surface area contributed by atoms with Crippen molar-refractivity contribution in [3.05, 3.63) is 71.8 Å². The Bertz CT molecular complexity index is 572. The highest BCUT2D eigenvalue weighted by Gasteiger charge is 2.07. The molecule has 2 aromatic rings. The van der Waals surface area contributed by atoms with E-state index < -0.39 is 0 Å². The lowest BCUT2D eigenvalue weighted by atomic mass is 10.1. The smallest absolute Gasteiger partial charge is 0.315 e. The van der Waals surface area contributed by atoms with Crippen LogP contribution < -0.4 is 10.6 Å². The standard InChI is InChI=1S/C19H24N2O2/c1-16(18-11-6-3-7-12-18)21-19(22)20-13-8-14-23-15-17-9-4-2-5-10-17/h2-7,9-12,16H,8,13-15H2,1H3,(H2,20,21,22). The third-order valence-corrected chi connectivity index (χ3v) is 3.51. The van der Waals surface area contributed by atoms with Crippen LogP contribution in [0, 0.1) is 0 Å². The molecule has 0 fully saturated rings. The minimum Gasteiger partial charge on any atom is -0.377 e. The van der Waals surface area contributed by atoms with Gasteiger partial charge in [0, 0.05) is 13.2 Å². The summed E-state index contributed by atoms with van der Waals surface area (Å²) in [4.78, 5) is 11.8. The summed E-state index contributed by atoms with van der Waals surface area (Å²) in [5.41, 5.74) is 2.25. The second-order valence-electron chi connectivity index (χ2n) is 5.42. The maximum Gasteiger partial charge on any atom is 0.315 e. The molecular formula is C19H24N2O2. The summed E-state index contributed by atoms with van der Waals surface area (Å²) in [5, 5.41) is 5.77. The number of rotatable bonds is 8. The average Bonchev–Trinajstić information content (AvgIpc) is 2.59. The molecule has 2 N–H and O–H groups in total. The van der Waals surface area contributed by atoms with Crippen molar-refractivity contribution in [3.63, 3.8) is 0 Å². The van der Waals surface area contributed by atoms with Crippen molar-refractivity contribution >= 4 is 6.03 Å². The van der Waals surface area contributed by atoms with Crippen molar-refractivity contribution < 1.29 is 9.53 Å². The van der Waals surface area contributed by atoms with Gasteiger partial charge in [0.25, 0.3) is 0 Å². The van der Waals surface area contributed by atoms with E-state index in [4.69, 9.17) is 4.74 Å². The molecule has 122 valence electrons. The molecule has 4 heteroatoms. The predicted molar refractivity (Wildman–Crippen MR) is 92.1 cm³/mol. The van der Waals surface area contributed by atoms with Crippen LogP contribution in [-0.4, -0.2) is 19.2 Å². The first-order valence-electron chi connectivity index (χ1n) is 7.96. The van der Waals surface area contributed by atoms with Gasteiger partial charge in [-0.25, -0.2) is 4.79 Å². The molecule has 0 aromatic heterocycles. The summed E-state index contributed by atoms with van der Waals surface area (Å²) >= 11 is 0. The van der Waals surface area contributed by atoms with Gasteiger partial charge in [-0.3, -0.25) is 0 Å². The normalized spacial score (nSPS) is 11.7. The van der Waals surface area contributed by atoms with E-state index in [0.29, 0.717) is 19.8 Å². The number of hydrogen-bond donors (Lipinski definition) is 2. The fourth-order valence-electron chi connectivity index (χ4n) is 2.21. The predicted octanol–water partition coefficient (Wildman–Crippen LogP) is 3.65. The Morgan fingerprint density at radius 2 is 1.70 bits per heavy atom. The van der Waals surface area contributed by atoms with Crippen LogP contribution >= 0.6 is 0 Å². The highest BCUT2D eigenvalue weighted by Crippen LogP contribution is 2.10. The first-order chi connectivity index (χ1) is 11.3. The number of amides is 2. The Labute approximate surface area is 137 Å². The van der Waals surface area contributed by atoms with Crippen molar-refractivity contribution in [1.29, 1.82) is 0 Å². The zero-order valence-electron chi connectivity index (χ0n) is 13.5. The molecule has 23 heavy (non-hydrogen) atoms. The SMILES string of the molecule is CC(NC(=O)NCCCOCc1ccccc1)c1ccccc1. The second-order valence-corrected chi connectivity index (χ2v) is 5.42. The molecule has 2 aromatic carbocycles. The van der Waals surface area contributed by atoms with E-state index in [1.54, 1.807) is 0 Å². The Hall–Kier alpha value is -2.33. The molecule has 0 aliphatic heterocycles. The molecule has 0 aliphatic rings. The molecule has 0 saturated heterocycles. The second kappa shape index (κ2) is 9.64. The van der Waals surface area contributed by atoms with Crippen LogP contribution in [0.25, 0.3) is 0 Å². The lowest BCUT2D eigenvalue weighted by Crippen LogP contribution is -2.37. The van der Waals surface area contributed by atoms with Crippen molar-refractivity contribution in [2.45, 2.75) is 26.0 Å². The lowest BCUT2D eigenvalue weighted by molar-refractivity contribution is 0.118. The Morgan fingerprint density at radius 1 is 1.04 bits per heavy atom. The number of benzene rings is 2. The van der Waals surface area contributed by atoms with E-state index in [-0.39, 0.29) is 12.1 Å². The third-order valence-electron chi connectivity index (χ3n) is 3.51. The van der Waals surface area contributed by atoms with Gasteiger partial charge in [0.15, 0.2) is 0 Å². The Kier molecular flexibility index (Phi) is 7.14. The Balaban J connectivity index is 1.55. The molecule has 0 bridgehead atoms. The molecule has 4 nitrogen and oxygen atoms in total. The fraction of sp³-hybridized carbons (Fsp3) is 0.316. The number of nitrogens with one attached hydrogen (secondary N) is 2. The fourth-order valence-corrected chi connectivity index (χ4v) is 2.21. The number of hydrogen-bond acceptors (Lipinski definition) is 2. The zero-order chi connectivity index (χ0) is 16.3. The first kappa shape index (κ1) is 17.0. The lowest BCUT2D eigenvalue weighted by Gasteiger charge is -2.15. The summed E-state index contributed by atoms with van der Waals surface area (Å²) in [5.74, 6) is 0. The molecule has 1 unspecified atom stereocenters. The van der Waals surface area contributed by atoms with Crippen molar-refractivity contribution in [3.8, 4) is 0 Å². The van der Waals surface area contributed by atoms with Gasteiger partial charge >= 0.3 is 6.03 Å². The van der Waals surface area contributed by atoms with Gasteiger partial charge in [-0.1, -0.05) is 60.7 Å². The highest BCUT2D eigenvalue weighted by molar-refractivity contribution is 5.74. The largest absolute Gasteiger partial charge is 0.377 e. The van der Waals surface area contributed by atoms with Gasteiger partial charge in [-0.2, -0.15) is 0 Å². The van der Waals surface area contributed by atoms with Gasteiger partial charge in [0.2, 0.25) is 0 Å². The van der Waals surface area contributed by atoms with Crippen LogP contribution in [0.4, 0.5) is 4.79 Å². The van der Waals surface area contributed by atoms with Crippen LogP contribution in [-0.2, 0) is 11.3 Å². The van der Waals surface area contributed by atoms with Gasteiger partial charge in [-0.15, -0.1) is 0 Å². The van der Waals surface area contributed by atoms with Crippen LogP contribution in [0.5, 0.6) is 0 Å². The minimum atomic E-state index is -0.149. The van der Waals surface area contributed by atoms with Crippen LogP contribution in [0.15, 0.2) is 60.7 Å². The Morgan fingerprint density at radius 3 is 2.39 bits per heavy atom. The molecule has 2 amide bonds. The maximum atomic E-state index is 11.8. The van der Waals surface area contributed by atoms with E-state index in [0.717, 1.165) is 17.5 Å². The molecular weight excluding hydrogens is 288 g/mol. The molecule has 1 atom stereocenters. The summed E-state index contributed by atoms with van der Waals surface area (Å²) < 4.78 is 5.58. The van der Waals surface area contributed by atoms with Crippen molar-refractivity contribution in [2.24, 2.45) is 0 Å². The highest BCUT2D eigenvalue weighted by atomic mass is 16.5. The molecule has 0 radical (unpaired) electrons. The minimum absolute atomic E-state index is 0.00877. The van der Waals surface area contributed by atoms with E-state index in [2.05, 4.69) is 10.6 Å². The summed E-state index contributed by atoms with van der Waals surface area (Å²) in [7, 11) is 0. The van der Waals surface area contributed by atoms with Gasteiger partial charge < -0.3 is 15.4 Å². The number of ether oxygens (including phenoxy) is 1. The van der Waals surface area contributed by atoms with Crippen LogP contribution in [0.1, 0.15) is 30.5 Å². The topological polar surface area (TPSA) is 50.4 Å². The van der Waals surface area contributed by atoms with E-state index >= 15 is 0 Å². The van der Waals surface area contributed by atoms with E-state index in [1.807, 2.05) is 67.6 Å². The zero-order valence-corrected chi connectivity index (χ0v) is 13.5.